The van der Waals surface area contributed by atoms with E-state index < -0.39 is 6.04 Å². The number of nitrogens with zero attached hydrogens (tertiary/aromatic N) is 4. The first-order valence-corrected chi connectivity index (χ1v) is 21.2. The number of hydrogen-bond donors (Lipinski definition) is 1. The number of unbranched alkanes of at least 4 members (excludes halogenated alkanes) is 1. The number of methoxy groups -OCH3 is 1. The Bertz CT molecular complexity index is 1600. The zero-order valence-corrected chi connectivity index (χ0v) is 33.6. The summed E-state index contributed by atoms with van der Waals surface area (Å²) in [6.45, 7) is 9.18. The normalized spacial score (nSPS) is 25.2. The molecule has 4 atom stereocenters. The Balaban J connectivity index is 1.19. The van der Waals surface area contributed by atoms with Gasteiger partial charge in [-0.1, -0.05) is 62.1 Å². The lowest BCUT2D eigenvalue weighted by Crippen LogP contribution is -2.60. The molecule has 2 aromatic carbocycles. The van der Waals surface area contributed by atoms with Gasteiger partial charge in [-0.3, -0.25) is 14.4 Å². The quantitative estimate of drug-likeness (QED) is 0.146. The van der Waals surface area contributed by atoms with Gasteiger partial charge in [-0.25, -0.2) is 4.99 Å². The van der Waals surface area contributed by atoms with Crippen LogP contribution in [0, 0.1) is 17.8 Å². The first kappa shape index (κ1) is 40.9. The van der Waals surface area contributed by atoms with Gasteiger partial charge < -0.3 is 29.9 Å². The maximum absolute atomic E-state index is 14.9. The molecular formula is C45H65N5O5. The van der Waals surface area contributed by atoms with E-state index in [1.54, 1.807) is 13.2 Å². The number of aliphatic imine (C=N–C) groups is 1. The third-order valence-electron chi connectivity index (χ3n) is 12.7. The van der Waals surface area contributed by atoms with Crippen molar-refractivity contribution in [2.45, 2.75) is 116 Å². The standard InChI is InChI=1S/C45H65N5O5/c1-32-43(37-12-6-4-7-13-37)55-45(47-32)49-26-27-50(40(31-49)41(52)22-20-35-19-21-39(33(2)51)42(29-35)54-3)44(53)38(28-34-15-17-36(30-46)18-16-34)14-8-11-25-48-23-9-5-10-24-48/h4,6-7,12-13,19,21,29,32,34,36,38,40,43H,5,8-11,14-18,20,22-28,30-31,46H2,1-3H3/t32-,34?,36?,38-,40-,43+/m0/s1. The van der Waals surface area contributed by atoms with E-state index in [2.05, 4.69) is 28.9 Å². The molecule has 6 rings (SSSR count). The summed E-state index contributed by atoms with van der Waals surface area (Å²) in [7, 11) is 1.56. The molecule has 3 aliphatic heterocycles. The molecule has 4 aliphatic rings. The molecule has 10 nitrogen and oxygen atoms in total. The maximum atomic E-state index is 14.9. The van der Waals surface area contributed by atoms with Gasteiger partial charge in [0.2, 0.25) is 5.91 Å². The maximum Gasteiger partial charge on any atom is 0.288 e. The zero-order valence-electron chi connectivity index (χ0n) is 33.6. The van der Waals surface area contributed by atoms with E-state index in [0.717, 1.165) is 75.6 Å². The number of piperidine rings is 1. The first-order chi connectivity index (χ1) is 26.7. The number of rotatable bonds is 16. The van der Waals surface area contributed by atoms with E-state index in [1.807, 2.05) is 35.2 Å². The highest BCUT2D eigenvalue weighted by molar-refractivity contribution is 5.97. The minimum absolute atomic E-state index is 0.0335. The molecule has 3 fully saturated rings. The molecule has 3 heterocycles. The van der Waals surface area contributed by atoms with Gasteiger partial charge in [0.25, 0.3) is 6.02 Å². The van der Waals surface area contributed by atoms with E-state index >= 15 is 0 Å². The topological polar surface area (TPSA) is 118 Å². The van der Waals surface area contributed by atoms with E-state index in [9.17, 15) is 14.4 Å². The third kappa shape index (κ3) is 10.8. The molecule has 10 heteroatoms. The number of amides is 1. The highest BCUT2D eigenvalue weighted by Crippen LogP contribution is 2.36. The van der Waals surface area contributed by atoms with Crippen LogP contribution in [0.25, 0.3) is 0 Å². The van der Waals surface area contributed by atoms with Crippen LogP contribution < -0.4 is 10.5 Å². The second-order valence-electron chi connectivity index (χ2n) is 16.6. The highest BCUT2D eigenvalue weighted by Gasteiger charge is 2.41. The van der Waals surface area contributed by atoms with Gasteiger partial charge in [0, 0.05) is 32.0 Å². The molecule has 0 bridgehead atoms. The Hall–Kier alpha value is -3.76. The predicted molar refractivity (Wildman–Crippen MR) is 217 cm³/mol. The summed E-state index contributed by atoms with van der Waals surface area (Å²) in [6, 6.07) is 15.6. The Kier molecular flexibility index (Phi) is 14.8. The second kappa shape index (κ2) is 19.9. The predicted octanol–water partition coefficient (Wildman–Crippen LogP) is 6.86. The van der Waals surface area contributed by atoms with E-state index in [4.69, 9.17) is 20.2 Å². The molecule has 0 spiro atoms. The molecule has 0 radical (unpaired) electrons. The van der Waals surface area contributed by atoms with Gasteiger partial charge in [-0.15, -0.1) is 0 Å². The number of ether oxygens (including phenoxy) is 2. The van der Waals surface area contributed by atoms with Crippen molar-refractivity contribution >= 4 is 23.5 Å². The number of likely N-dealkylation sites (tertiary alicyclic amines) is 1. The lowest BCUT2D eigenvalue weighted by atomic mass is 9.77. The van der Waals surface area contributed by atoms with Gasteiger partial charge in [0.1, 0.15) is 17.9 Å². The average Bonchev–Trinajstić information content (AvgIpc) is 3.62. The van der Waals surface area contributed by atoms with Crippen molar-refractivity contribution in [3.05, 3.63) is 65.2 Å². The van der Waals surface area contributed by atoms with Crippen molar-refractivity contribution in [3.8, 4) is 5.75 Å². The first-order valence-electron chi connectivity index (χ1n) is 21.2. The van der Waals surface area contributed by atoms with Crippen LogP contribution in [0.15, 0.2) is 53.5 Å². The SMILES string of the molecule is COc1cc(CCC(=O)[C@@H]2CN(C3=N[C@@H](C)[C@H](c4ccccc4)O3)CCN2C(=O)[C@@H](CCCCN2CCCCC2)CC2CCC(CN)CC2)ccc1C(C)=O. The molecule has 2 aromatic rings. The van der Waals surface area contributed by atoms with Gasteiger partial charge in [0.15, 0.2) is 11.6 Å². The fourth-order valence-corrected chi connectivity index (χ4v) is 9.33. The number of carbonyl (C=O) groups is 3. The number of carbonyl (C=O) groups excluding carboxylic acids is 3. The summed E-state index contributed by atoms with van der Waals surface area (Å²) in [5.41, 5.74) is 8.56. The van der Waals surface area contributed by atoms with Crippen LogP contribution in [0.5, 0.6) is 5.75 Å². The second-order valence-corrected chi connectivity index (χ2v) is 16.6. The number of benzene rings is 2. The van der Waals surface area contributed by atoms with Crippen LogP contribution in [0.2, 0.25) is 0 Å². The minimum atomic E-state index is -0.610. The van der Waals surface area contributed by atoms with Gasteiger partial charge in [-0.2, -0.15) is 0 Å². The monoisotopic (exact) mass is 755 g/mol. The Labute approximate surface area is 329 Å². The van der Waals surface area contributed by atoms with Gasteiger partial charge in [-0.05, 0) is 126 Å². The molecule has 2 saturated heterocycles. The molecule has 1 aliphatic carbocycles. The van der Waals surface area contributed by atoms with Crippen molar-refractivity contribution in [2.24, 2.45) is 28.5 Å². The average molecular weight is 756 g/mol. The molecule has 0 aromatic heterocycles. The lowest BCUT2D eigenvalue weighted by molar-refractivity contribution is -0.146. The van der Waals surface area contributed by atoms with Gasteiger partial charge >= 0.3 is 0 Å². The van der Waals surface area contributed by atoms with E-state index in [0.29, 0.717) is 55.2 Å². The zero-order chi connectivity index (χ0) is 38.7. The summed E-state index contributed by atoms with van der Waals surface area (Å²) < 4.78 is 12.0. The Morgan fingerprint density at radius 2 is 1.69 bits per heavy atom. The number of amidine groups is 1. The van der Waals surface area contributed by atoms with E-state index in [-0.39, 0.29) is 42.0 Å². The molecule has 1 saturated carbocycles. The number of aryl methyl sites for hydroxylation is 1. The molecule has 300 valence electrons. The van der Waals surface area contributed by atoms with Crippen LogP contribution in [-0.4, -0.2) is 103 Å². The van der Waals surface area contributed by atoms with E-state index in [1.165, 1.54) is 39.3 Å². The Morgan fingerprint density at radius 1 is 0.945 bits per heavy atom. The van der Waals surface area contributed by atoms with Crippen LogP contribution in [0.4, 0.5) is 0 Å². The molecule has 55 heavy (non-hydrogen) atoms. The summed E-state index contributed by atoms with van der Waals surface area (Å²) >= 11 is 0. The fraction of sp³-hybridized carbons (Fsp3) is 0.644. The van der Waals surface area contributed by atoms with Crippen molar-refractivity contribution in [2.75, 3.05) is 52.9 Å². The largest absolute Gasteiger partial charge is 0.496 e. The number of hydrogen-bond acceptors (Lipinski definition) is 9. The minimum Gasteiger partial charge on any atom is -0.496 e. The smallest absolute Gasteiger partial charge is 0.288 e. The summed E-state index contributed by atoms with van der Waals surface area (Å²) in [6.07, 6.45) is 12.9. The van der Waals surface area contributed by atoms with Crippen LogP contribution in [0.3, 0.4) is 0 Å². The number of ketones is 2. The summed E-state index contributed by atoms with van der Waals surface area (Å²) in [5.74, 6) is 1.62. The van der Waals surface area contributed by atoms with Crippen molar-refractivity contribution < 1.29 is 23.9 Å². The molecule has 1 amide bonds. The lowest BCUT2D eigenvalue weighted by Gasteiger charge is -2.43. The summed E-state index contributed by atoms with van der Waals surface area (Å²) in [5, 5.41) is 0. The van der Waals surface area contributed by atoms with Crippen LogP contribution in [-0.2, 0) is 20.7 Å². The highest BCUT2D eigenvalue weighted by atomic mass is 16.5. The van der Waals surface area contributed by atoms with Crippen molar-refractivity contribution in [1.29, 1.82) is 0 Å². The number of Topliss-reactive ketones (excluding diaryl/α,β-unsaturated/α-hetero) is 2. The summed E-state index contributed by atoms with van der Waals surface area (Å²) in [4.78, 5) is 53.0. The number of piperazine rings is 1. The fourth-order valence-electron chi connectivity index (χ4n) is 9.33. The molecule has 2 N–H and O–H groups in total. The third-order valence-corrected chi connectivity index (χ3v) is 12.7. The van der Waals surface area contributed by atoms with Crippen molar-refractivity contribution in [1.82, 2.24) is 14.7 Å². The van der Waals surface area contributed by atoms with Crippen molar-refractivity contribution in [3.63, 3.8) is 0 Å². The van der Waals surface area contributed by atoms with Crippen LogP contribution in [0.1, 0.15) is 118 Å². The van der Waals surface area contributed by atoms with Crippen LogP contribution >= 0.6 is 0 Å². The molecule has 0 unspecified atom stereocenters. The van der Waals surface area contributed by atoms with Gasteiger partial charge in [0.05, 0.1) is 18.7 Å². The number of nitrogens with two attached hydrogens (primary N) is 1. The molecular weight excluding hydrogens is 691 g/mol. The Morgan fingerprint density at radius 3 is 2.40 bits per heavy atom.